The molecule has 1 fully saturated rings. The van der Waals surface area contributed by atoms with Crippen LogP contribution in [0.1, 0.15) is 32.8 Å². The maximum atomic E-state index is 12.3. The molecule has 0 aliphatic carbocycles. The first-order chi connectivity index (χ1) is 10.0. The van der Waals surface area contributed by atoms with E-state index in [0.29, 0.717) is 4.91 Å². The highest BCUT2D eigenvalue weighted by Gasteiger charge is 2.37. The number of carbonyl (C=O) groups is 2. The van der Waals surface area contributed by atoms with Crippen LogP contribution in [0.3, 0.4) is 0 Å². The summed E-state index contributed by atoms with van der Waals surface area (Å²) in [6, 6.07) is 9.85. The van der Waals surface area contributed by atoms with Crippen LogP contribution in [-0.2, 0) is 4.79 Å². The van der Waals surface area contributed by atoms with Gasteiger partial charge in [-0.05, 0) is 49.2 Å². The normalized spacial score (nSPS) is 19.5. The summed E-state index contributed by atoms with van der Waals surface area (Å²) in [7, 11) is 0. The Morgan fingerprint density at radius 2 is 1.95 bits per heavy atom. The highest BCUT2D eigenvalue weighted by atomic mass is 32.2. The molecule has 0 aromatic heterocycles. The minimum atomic E-state index is -0.180. The molecule has 1 atom stereocenters. The summed E-state index contributed by atoms with van der Waals surface area (Å²) in [6.07, 6.45) is 4.56. The number of allylic oxidation sites excluding steroid dienone is 2. The van der Waals surface area contributed by atoms with Crippen LogP contribution in [0, 0.1) is 0 Å². The Bertz CT molecular complexity index is 604. The third-order valence-electron chi connectivity index (χ3n) is 3.41. The van der Waals surface area contributed by atoms with Crippen molar-refractivity contribution in [2.45, 2.75) is 33.2 Å². The molecule has 2 rings (SSSR count). The molecule has 1 saturated heterocycles. The van der Waals surface area contributed by atoms with E-state index in [1.807, 2.05) is 57.2 Å². The van der Waals surface area contributed by atoms with Crippen molar-refractivity contribution in [2.24, 2.45) is 0 Å². The fourth-order valence-corrected chi connectivity index (χ4v) is 3.08. The minimum absolute atomic E-state index is 0.0539. The highest BCUT2D eigenvalue weighted by Crippen LogP contribution is 2.33. The number of thioether (sulfide) groups is 1. The second kappa shape index (κ2) is 6.76. The Morgan fingerprint density at radius 1 is 1.29 bits per heavy atom. The van der Waals surface area contributed by atoms with Gasteiger partial charge in [-0.2, -0.15) is 0 Å². The van der Waals surface area contributed by atoms with Crippen LogP contribution >= 0.6 is 11.8 Å². The lowest BCUT2D eigenvalue weighted by atomic mass is 10.1. The van der Waals surface area contributed by atoms with Crippen molar-refractivity contribution < 1.29 is 9.59 Å². The molecule has 3 nitrogen and oxygen atoms in total. The number of hydrogen-bond acceptors (Lipinski definition) is 3. The molecular formula is C17H19NO2S. The summed E-state index contributed by atoms with van der Waals surface area (Å²) < 4.78 is 0. The minimum Gasteiger partial charge on any atom is -0.268 e. The van der Waals surface area contributed by atoms with Gasteiger partial charge in [-0.1, -0.05) is 43.3 Å². The third-order valence-corrected chi connectivity index (χ3v) is 4.29. The Kier molecular flexibility index (Phi) is 5.02. The van der Waals surface area contributed by atoms with Gasteiger partial charge in [-0.25, -0.2) is 0 Å². The molecule has 1 aliphatic rings. The van der Waals surface area contributed by atoms with Crippen molar-refractivity contribution >= 4 is 29.0 Å². The van der Waals surface area contributed by atoms with Crippen molar-refractivity contribution in [3.05, 3.63) is 52.4 Å². The van der Waals surface area contributed by atoms with E-state index in [9.17, 15) is 9.59 Å². The number of hydrogen-bond donors (Lipinski definition) is 0. The zero-order chi connectivity index (χ0) is 15.4. The highest BCUT2D eigenvalue weighted by molar-refractivity contribution is 8.18. The molecule has 2 amide bonds. The molecule has 21 heavy (non-hydrogen) atoms. The molecule has 1 aromatic carbocycles. The standard InChI is InChI=1S/C17H19NO2S/c1-4-13(3)18-16(19)15(21-17(18)20)11-12(2)10-14-8-6-5-7-9-14/h5-11,13H,4H2,1-3H3/b12-10+,15-11+/t13-/m1/s1. The molecule has 0 bridgehead atoms. The van der Waals surface area contributed by atoms with Crippen LogP contribution < -0.4 is 0 Å². The van der Waals surface area contributed by atoms with Gasteiger partial charge in [0.2, 0.25) is 0 Å². The molecule has 0 saturated carbocycles. The van der Waals surface area contributed by atoms with Crippen LogP contribution in [0.4, 0.5) is 4.79 Å². The van der Waals surface area contributed by atoms with E-state index in [1.165, 1.54) is 4.90 Å². The molecule has 0 unspecified atom stereocenters. The summed E-state index contributed by atoms with van der Waals surface area (Å²) in [5.74, 6) is -0.180. The maximum Gasteiger partial charge on any atom is 0.293 e. The lowest BCUT2D eigenvalue weighted by Gasteiger charge is -2.19. The Balaban J connectivity index is 2.21. The van der Waals surface area contributed by atoms with Crippen LogP contribution in [0.25, 0.3) is 6.08 Å². The molecule has 0 N–H and O–H groups in total. The van der Waals surface area contributed by atoms with Gasteiger partial charge in [0.25, 0.3) is 11.1 Å². The second-order valence-corrected chi connectivity index (χ2v) is 6.10. The summed E-state index contributed by atoms with van der Waals surface area (Å²) in [5, 5.41) is -0.173. The van der Waals surface area contributed by atoms with Crippen LogP contribution in [0.5, 0.6) is 0 Å². The van der Waals surface area contributed by atoms with Crippen LogP contribution in [0.15, 0.2) is 46.9 Å². The van der Waals surface area contributed by atoms with Crippen molar-refractivity contribution in [1.82, 2.24) is 4.90 Å². The van der Waals surface area contributed by atoms with E-state index in [2.05, 4.69) is 0 Å². The summed E-state index contributed by atoms with van der Waals surface area (Å²) in [5.41, 5.74) is 2.03. The number of carbonyl (C=O) groups excluding carboxylic acids is 2. The van der Waals surface area contributed by atoms with E-state index in [4.69, 9.17) is 0 Å². The van der Waals surface area contributed by atoms with Gasteiger partial charge < -0.3 is 0 Å². The number of imide groups is 1. The lowest BCUT2D eigenvalue weighted by Crippen LogP contribution is -2.36. The van der Waals surface area contributed by atoms with Gasteiger partial charge in [0.15, 0.2) is 0 Å². The quantitative estimate of drug-likeness (QED) is 0.770. The van der Waals surface area contributed by atoms with E-state index < -0.39 is 0 Å². The monoisotopic (exact) mass is 301 g/mol. The molecule has 1 aromatic rings. The fraction of sp³-hybridized carbons (Fsp3) is 0.294. The number of rotatable bonds is 4. The molecule has 4 heteroatoms. The number of nitrogens with zero attached hydrogens (tertiary/aromatic N) is 1. The summed E-state index contributed by atoms with van der Waals surface area (Å²) in [6.45, 7) is 5.80. The lowest BCUT2D eigenvalue weighted by molar-refractivity contribution is -0.124. The fourth-order valence-electron chi connectivity index (χ4n) is 2.10. The van der Waals surface area contributed by atoms with E-state index in [1.54, 1.807) is 6.08 Å². The van der Waals surface area contributed by atoms with Gasteiger partial charge in [0, 0.05) is 6.04 Å². The third kappa shape index (κ3) is 3.64. The Labute approximate surface area is 129 Å². The number of benzene rings is 1. The van der Waals surface area contributed by atoms with Crippen molar-refractivity contribution in [3.63, 3.8) is 0 Å². The summed E-state index contributed by atoms with van der Waals surface area (Å²) in [4.78, 5) is 26.1. The Hall–Kier alpha value is -1.81. The predicted octanol–water partition coefficient (Wildman–Crippen LogP) is 4.47. The van der Waals surface area contributed by atoms with Crippen molar-refractivity contribution in [3.8, 4) is 0 Å². The molecule has 0 radical (unpaired) electrons. The largest absolute Gasteiger partial charge is 0.293 e. The average molecular weight is 301 g/mol. The smallest absolute Gasteiger partial charge is 0.268 e. The van der Waals surface area contributed by atoms with Crippen LogP contribution in [-0.4, -0.2) is 22.1 Å². The van der Waals surface area contributed by atoms with Gasteiger partial charge >= 0.3 is 0 Å². The van der Waals surface area contributed by atoms with E-state index in [-0.39, 0.29) is 17.2 Å². The predicted molar refractivity (Wildman–Crippen MR) is 87.8 cm³/mol. The van der Waals surface area contributed by atoms with Crippen LogP contribution in [0.2, 0.25) is 0 Å². The Morgan fingerprint density at radius 3 is 2.57 bits per heavy atom. The first kappa shape index (κ1) is 15.6. The van der Waals surface area contributed by atoms with Gasteiger partial charge in [0.05, 0.1) is 4.91 Å². The SMILES string of the molecule is CC[C@@H](C)N1C(=O)S/C(=C/C(C)=C/c2ccccc2)C1=O. The van der Waals surface area contributed by atoms with Crippen molar-refractivity contribution in [2.75, 3.05) is 0 Å². The summed E-state index contributed by atoms with van der Waals surface area (Å²) >= 11 is 1.02. The second-order valence-electron chi connectivity index (χ2n) is 5.11. The topological polar surface area (TPSA) is 37.4 Å². The zero-order valence-electron chi connectivity index (χ0n) is 12.5. The molecular weight excluding hydrogens is 282 g/mol. The average Bonchev–Trinajstić information content (AvgIpc) is 2.73. The van der Waals surface area contributed by atoms with Gasteiger partial charge in [0.1, 0.15) is 0 Å². The first-order valence-corrected chi connectivity index (χ1v) is 7.85. The molecule has 0 spiro atoms. The van der Waals surface area contributed by atoms with Gasteiger partial charge in [-0.3, -0.25) is 14.5 Å². The maximum absolute atomic E-state index is 12.3. The molecule has 110 valence electrons. The molecule has 1 heterocycles. The van der Waals surface area contributed by atoms with E-state index >= 15 is 0 Å². The first-order valence-electron chi connectivity index (χ1n) is 7.03. The van der Waals surface area contributed by atoms with Gasteiger partial charge in [-0.15, -0.1) is 0 Å². The van der Waals surface area contributed by atoms with Crippen molar-refractivity contribution in [1.29, 1.82) is 0 Å². The zero-order valence-corrected chi connectivity index (χ0v) is 13.3. The number of amides is 2. The van der Waals surface area contributed by atoms with E-state index in [0.717, 1.165) is 29.3 Å². The molecule has 1 aliphatic heterocycles.